The van der Waals surface area contributed by atoms with Crippen molar-refractivity contribution in [3.05, 3.63) is 65.2 Å². The Kier molecular flexibility index (Phi) is 4.76. The van der Waals surface area contributed by atoms with Crippen molar-refractivity contribution >= 4 is 10.0 Å². The molecule has 1 aliphatic rings. The van der Waals surface area contributed by atoms with Crippen LogP contribution in [0.25, 0.3) is 0 Å². The third-order valence-electron chi connectivity index (χ3n) is 4.90. The van der Waals surface area contributed by atoms with Crippen LogP contribution in [0.5, 0.6) is 0 Å². The first-order valence-corrected chi connectivity index (χ1v) is 9.70. The van der Waals surface area contributed by atoms with Crippen molar-refractivity contribution in [2.45, 2.75) is 24.7 Å². The van der Waals surface area contributed by atoms with Crippen LogP contribution in [-0.2, 0) is 10.0 Å². The summed E-state index contributed by atoms with van der Waals surface area (Å²) in [5.74, 6) is 0.295. The number of benzene rings is 2. The number of aryl methyl sites for hydroxylation is 2. The molecule has 2 N–H and O–H groups in total. The zero-order valence-electron chi connectivity index (χ0n) is 14.1. The lowest BCUT2D eigenvalue weighted by Gasteiger charge is -2.18. The van der Waals surface area contributed by atoms with Gasteiger partial charge in [0.15, 0.2) is 0 Å². The van der Waals surface area contributed by atoms with Crippen LogP contribution in [0.1, 0.15) is 22.6 Å². The molecule has 1 fully saturated rings. The summed E-state index contributed by atoms with van der Waals surface area (Å²) < 4.78 is 27.9. The van der Waals surface area contributed by atoms with E-state index >= 15 is 0 Å². The Morgan fingerprint density at radius 1 is 1.08 bits per heavy atom. The third-order valence-corrected chi connectivity index (χ3v) is 6.87. The highest BCUT2D eigenvalue weighted by atomic mass is 32.2. The van der Waals surface area contributed by atoms with Crippen molar-refractivity contribution in [2.75, 3.05) is 19.6 Å². The molecular weight excluding hydrogens is 320 g/mol. The molecule has 3 rings (SSSR count). The molecule has 0 aliphatic carbocycles. The van der Waals surface area contributed by atoms with Gasteiger partial charge in [-0.15, -0.1) is 0 Å². The highest BCUT2D eigenvalue weighted by Crippen LogP contribution is 2.35. The molecule has 2 atom stereocenters. The minimum absolute atomic E-state index is 0.146. The lowest BCUT2D eigenvalue weighted by molar-refractivity contribution is 0.458. The van der Waals surface area contributed by atoms with E-state index < -0.39 is 10.0 Å². The van der Waals surface area contributed by atoms with E-state index in [0.717, 1.165) is 16.7 Å². The van der Waals surface area contributed by atoms with Gasteiger partial charge in [0.05, 0.1) is 4.90 Å². The average molecular weight is 344 g/mol. The van der Waals surface area contributed by atoms with Gasteiger partial charge in [-0.2, -0.15) is 4.31 Å². The van der Waals surface area contributed by atoms with Crippen LogP contribution in [-0.4, -0.2) is 32.4 Å². The summed E-state index contributed by atoms with van der Waals surface area (Å²) in [6, 6.07) is 15.6. The number of sulfonamides is 1. The number of rotatable bonds is 4. The van der Waals surface area contributed by atoms with Gasteiger partial charge in [0, 0.05) is 19.0 Å². The van der Waals surface area contributed by atoms with Gasteiger partial charge in [-0.3, -0.25) is 0 Å². The van der Waals surface area contributed by atoms with E-state index in [1.165, 1.54) is 0 Å². The van der Waals surface area contributed by atoms with E-state index in [1.54, 1.807) is 10.4 Å². The van der Waals surface area contributed by atoms with Gasteiger partial charge in [0.25, 0.3) is 0 Å². The zero-order valence-corrected chi connectivity index (χ0v) is 15.0. The van der Waals surface area contributed by atoms with E-state index in [9.17, 15) is 8.42 Å². The standard InChI is InChI=1S/C19H24N2O2S/c1-14-8-9-15(2)19(10-14)24(22,23)21-12-17(11-20)18(13-21)16-6-4-3-5-7-16/h3-10,17-18H,11-13,20H2,1-2H3/t17-,18+/m1/s1. The van der Waals surface area contributed by atoms with Gasteiger partial charge in [0.2, 0.25) is 10.0 Å². The second-order valence-corrected chi connectivity index (χ2v) is 8.51. The van der Waals surface area contributed by atoms with Crippen molar-refractivity contribution in [3.63, 3.8) is 0 Å². The Balaban J connectivity index is 1.94. The molecule has 0 radical (unpaired) electrons. The van der Waals surface area contributed by atoms with Gasteiger partial charge in [0.1, 0.15) is 0 Å². The Morgan fingerprint density at radius 2 is 1.79 bits per heavy atom. The molecule has 0 aromatic heterocycles. The SMILES string of the molecule is Cc1ccc(C)c(S(=O)(=O)N2C[C@@H](CN)[C@H](c3ccccc3)C2)c1. The lowest BCUT2D eigenvalue weighted by Crippen LogP contribution is -2.30. The second kappa shape index (κ2) is 6.67. The number of hydrogen-bond donors (Lipinski definition) is 1. The van der Waals surface area contributed by atoms with Crippen LogP contribution in [0.2, 0.25) is 0 Å². The Labute approximate surface area is 144 Å². The molecule has 128 valence electrons. The summed E-state index contributed by atoms with van der Waals surface area (Å²) in [5, 5.41) is 0. The maximum absolute atomic E-state index is 13.1. The van der Waals surface area contributed by atoms with Crippen LogP contribution in [0.4, 0.5) is 0 Å². The van der Waals surface area contributed by atoms with Crippen molar-refractivity contribution in [2.24, 2.45) is 11.7 Å². The first-order chi connectivity index (χ1) is 11.4. The highest BCUT2D eigenvalue weighted by molar-refractivity contribution is 7.89. The highest BCUT2D eigenvalue weighted by Gasteiger charge is 2.39. The molecule has 2 aromatic carbocycles. The van der Waals surface area contributed by atoms with Crippen LogP contribution in [0.3, 0.4) is 0 Å². The van der Waals surface area contributed by atoms with E-state index in [2.05, 4.69) is 12.1 Å². The fourth-order valence-corrected chi connectivity index (χ4v) is 5.30. The fourth-order valence-electron chi connectivity index (χ4n) is 3.47. The molecule has 1 saturated heterocycles. The summed E-state index contributed by atoms with van der Waals surface area (Å²) in [5.41, 5.74) is 8.83. The molecular formula is C19H24N2O2S. The first kappa shape index (κ1) is 17.1. The van der Waals surface area contributed by atoms with Crippen LogP contribution in [0.15, 0.2) is 53.4 Å². The predicted octanol–water partition coefficient (Wildman–Crippen LogP) is 2.67. The van der Waals surface area contributed by atoms with Crippen LogP contribution < -0.4 is 5.73 Å². The van der Waals surface area contributed by atoms with Crippen LogP contribution in [0, 0.1) is 19.8 Å². The van der Waals surface area contributed by atoms with Crippen molar-refractivity contribution in [1.29, 1.82) is 0 Å². The van der Waals surface area contributed by atoms with Crippen molar-refractivity contribution in [1.82, 2.24) is 4.31 Å². The molecule has 0 amide bonds. The summed E-state index contributed by atoms with van der Waals surface area (Å²) in [4.78, 5) is 0.409. The maximum atomic E-state index is 13.1. The molecule has 24 heavy (non-hydrogen) atoms. The molecule has 0 saturated carbocycles. The minimum atomic E-state index is -3.50. The Bertz CT molecular complexity index is 819. The molecule has 0 spiro atoms. The Morgan fingerprint density at radius 3 is 2.46 bits per heavy atom. The van der Waals surface area contributed by atoms with E-state index in [4.69, 9.17) is 5.73 Å². The summed E-state index contributed by atoms with van der Waals surface area (Å²) in [7, 11) is -3.50. The normalized spacial score (nSPS) is 22.0. The van der Waals surface area contributed by atoms with Crippen molar-refractivity contribution < 1.29 is 8.42 Å². The molecule has 5 heteroatoms. The number of nitrogens with two attached hydrogens (primary N) is 1. The first-order valence-electron chi connectivity index (χ1n) is 8.26. The van der Waals surface area contributed by atoms with E-state index in [-0.39, 0.29) is 11.8 Å². The molecule has 4 nitrogen and oxygen atoms in total. The fraction of sp³-hybridized carbons (Fsp3) is 0.368. The molecule has 2 aromatic rings. The minimum Gasteiger partial charge on any atom is -0.330 e. The topological polar surface area (TPSA) is 63.4 Å². The number of hydrogen-bond acceptors (Lipinski definition) is 3. The van der Waals surface area contributed by atoms with E-state index in [1.807, 2.05) is 44.2 Å². The number of nitrogens with zero attached hydrogens (tertiary/aromatic N) is 1. The van der Waals surface area contributed by atoms with Crippen molar-refractivity contribution in [3.8, 4) is 0 Å². The van der Waals surface area contributed by atoms with Crippen LogP contribution >= 0.6 is 0 Å². The molecule has 0 unspecified atom stereocenters. The zero-order chi connectivity index (χ0) is 17.3. The smallest absolute Gasteiger partial charge is 0.243 e. The van der Waals surface area contributed by atoms with Gasteiger partial charge in [-0.1, -0.05) is 42.5 Å². The summed E-state index contributed by atoms with van der Waals surface area (Å²) >= 11 is 0. The monoisotopic (exact) mass is 344 g/mol. The quantitative estimate of drug-likeness (QED) is 0.927. The van der Waals surface area contributed by atoms with Gasteiger partial charge < -0.3 is 5.73 Å². The molecule has 1 heterocycles. The van der Waals surface area contributed by atoms with Gasteiger partial charge in [-0.05, 0) is 49.1 Å². The van der Waals surface area contributed by atoms with Gasteiger partial charge >= 0.3 is 0 Å². The molecule has 1 aliphatic heterocycles. The Hall–Kier alpha value is -1.69. The average Bonchev–Trinajstić information content (AvgIpc) is 3.03. The third kappa shape index (κ3) is 3.11. The summed E-state index contributed by atoms with van der Waals surface area (Å²) in [6.45, 7) is 5.21. The van der Waals surface area contributed by atoms with Gasteiger partial charge in [-0.25, -0.2) is 8.42 Å². The lowest BCUT2D eigenvalue weighted by atomic mass is 9.89. The van der Waals surface area contributed by atoms with E-state index in [0.29, 0.717) is 24.5 Å². The predicted molar refractivity (Wildman–Crippen MR) is 96.4 cm³/mol. The molecule has 0 bridgehead atoms. The second-order valence-electron chi connectivity index (χ2n) is 6.60. The maximum Gasteiger partial charge on any atom is 0.243 e. The largest absolute Gasteiger partial charge is 0.330 e. The summed E-state index contributed by atoms with van der Waals surface area (Å²) in [6.07, 6.45) is 0.